The molecule has 0 aliphatic carbocycles. The molecule has 4 rings (SSSR count). The Labute approximate surface area is 174 Å². The van der Waals surface area contributed by atoms with Crippen molar-refractivity contribution in [3.63, 3.8) is 0 Å². The SMILES string of the molecule is Cc1ccc(Cn2c(SC(C)C(=O)N3CCCC3)nc3ccccc3c2=O)cc1. The topological polar surface area (TPSA) is 55.2 Å². The van der Waals surface area contributed by atoms with E-state index in [2.05, 4.69) is 0 Å². The van der Waals surface area contributed by atoms with E-state index in [4.69, 9.17) is 4.98 Å². The molecule has 5 nitrogen and oxygen atoms in total. The number of aryl methyl sites for hydroxylation is 1. The van der Waals surface area contributed by atoms with E-state index in [0.29, 0.717) is 22.6 Å². The molecule has 1 aromatic heterocycles. The summed E-state index contributed by atoms with van der Waals surface area (Å²) in [4.78, 5) is 32.7. The number of benzene rings is 2. The van der Waals surface area contributed by atoms with Crippen molar-refractivity contribution in [1.29, 1.82) is 0 Å². The van der Waals surface area contributed by atoms with Gasteiger partial charge in [-0.15, -0.1) is 0 Å². The predicted octanol–water partition coefficient (Wildman–Crippen LogP) is 3.86. The minimum absolute atomic E-state index is 0.0699. The first-order valence-corrected chi connectivity index (χ1v) is 10.9. The van der Waals surface area contributed by atoms with Crippen LogP contribution in [0.4, 0.5) is 0 Å². The monoisotopic (exact) mass is 407 g/mol. The maximum absolute atomic E-state index is 13.2. The minimum Gasteiger partial charge on any atom is -0.342 e. The molecule has 3 aromatic rings. The van der Waals surface area contributed by atoms with Gasteiger partial charge in [0.05, 0.1) is 22.7 Å². The molecule has 0 radical (unpaired) electrons. The molecule has 150 valence electrons. The molecule has 1 fully saturated rings. The summed E-state index contributed by atoms with van der Waals surface area (Å²) in [6.45, 7) is 6.03. The lowest BCUT2D eigenvalue weighted by Gasteiger charge is -2.21. The summed E-state index contributed by atoms with van der Waals surface area (Å²) >= 11 is 1.38. The third-order valence-corrected chi connectivity index (χ3v) is 6.41. The number of nitrogens with zero attached hydrogens (tertiary/aromatic N) is 3. The Hall–Kier alpha value is -2.60. The van der Waals surface area contributed by atoms with Gasteiger partial charge in [-0.2, -0.15) is 0 Å². The van der Waals surface area contributed by atoms with E-state index in [0.717, 1.165) is 31.5 Å². The smallest absolute Gasteiger partial charge is 0.262 e. The molecule has 2 heterocycles. The lowest BCUT2D eigenvalue weighted by atomic mass is 10.1. The van der Waals surface area contributed by atoms with E-state index in [1.165, 1.54) is 17.3 Å². The number of carbonyl (C=O) groups is 1. The molecule has 1 atom stereocenters. The number of hydrogen-bond acceptors (Lipinski definition) is 4. The van der Waals surface area contributed by atoms with Gasteiger partial charge in [-0.1, -0.05) is 53.7 Å². The number of thioether (sulfide) groups is 1. The van der Waals surface area contributed by atoms with Crippen LogP contribution in [-0.2, 0) is 11.3 Å². The zero-order valence-electron chi connectivity index (χ0n) is 16.8. The number of aromatic nitrogens is 2. The second kappa shape index (κ2) is 8.41. The van der Waals surface area contributed by atoms with Crippen LogP contribution in [0.1, 0.15) is 30.9 Å². The van der Waals surface area contributed by atoms with Crippen LogP contribution in [0.25, 0.3) is 10.9 Å². The molecular formula is C23H25N3O2S. The molecular weight excluding hydrogens is 382 g/mol. The maximum Gasteiger partial charge on any atom is 0.262 e. The van der Waals surface area contributed by atoms with Gasteiger partial charge in [0, 0.05) is 13.1 Å². The van der Waals surface area contributed by atoms with Crippen LogP contribution in [0.5, 0.6) is 0 Å². The van der Waals surface area contributed by atoms with Crippen molar-refractivity contribution in [1.82, 2.24) is 14.5 Å². The molecule has 1 aliphatic rings. The number of amides is 1. The zero-order valence-corrected chi connectivity index (χ0v) is 17.6. The van der Waals surface area contributed by atoms with Crippen molar-refractivity contribution in [3.05, 3.63) is 70.0 Å². The van der Waals surface area contributed by atoms with Crippen molar-refractivity contribution in [2.75, 3.05) is 13.1 Å². The number of carbonyl (C=O) groups excluding carboxylic acids is 1. The van der Waals surface area contributed by atoms with Crippen molar-refractivity contribution in [2.45, 2.75) is 43.6 Å². The summed E-state index contributed by atoms with van der Waals surface area (Å²) in [5.41, 5.74) is 2.81. The Morgan fingerprint density at radius 2 is 1.79 bits per heavy atom. The molecule has 1 unspecified atom stereocenters. The van der Waals surface area contributed by atoms with Crippen LogP contribution < -0.4 is 5.56 Å². The molecule has 0 spiro atoms. The van der Waals surface area contributed by atoms with Gasteiger partial charge in [-0.05, 0) is 44.4 Å². The third-order valence-electron chi connectivity index (χ3n) is 5.34. The average molecular weight is 408 g/mol. The van der Waals surface area contributed by atoms with Gasteiger partial charge in [0.1, 0.15) is 0 Å². The highest BCUT2D eigenvalue weighted by Gasteiger charge is 2.25. The van der Waals surface area contributed by atoms with E-state index < -0.39 is 0 Å². The molecule has 29 heavy (non-hydrogen) atoms. The number of hydrogen-bond donors (Lipinski definition) is 0. The molecule has 1 aliphatic heterocycles. The van der Waals surface area contributed by atoms with Gasteiger partial charge in [-0.25, -0.2) is 4.98 Å². The summed E-state index contributed by atoms with van der Waals surface area (Å²) in [6.07, 6.45) is 2.13. The van der Waals surface area contributed by atoms with E-state index >= 15 is 0 Å². The highest BCUT2D eigenvalue weighted by molar-refractivity contribution is 8.00. The van der Waals surface area contributed by atoms with Gasteiger partial charge in [0.15, 0.2) is 5.16 Å². The molecule has 0 N–H and O–H groups in total. The number of para-hydroxylation sites is 1. The molecule has 2 aromatic carbocycles. The van der Waals surface area contributed by atoms with Crippen LogP contribution in [0, 0.1) is 6.92 Å². The average Bonchev–Trinajstić information content (AvgIpc) is 3.26. The van der Waals surface area contributed by atoms with Crippen LogP contribution >= 0.6 is 11.8 Å². The van der Waals surface area contributed by atoms with Crippen molar-refractivity contribution in [2.24, 2.45) is 0 Å². The Balaban J connectivity index is 1.71. The largest absolute Gasteiger partial charge is 0.342 e. The molecule has 6 heteroatoms. The number of rotatable bonds is 5. The zero-order chi connectivity index (χ0) is 20.4. The van der Waals surface area contributed by atoms with E-state index in [1.54, 1.807) is 4.57 Å². The standard InChI is InChI=1S/C23H25N3O2S/c1-16-9-11-18(12-10-16)15-26-22(28)19-7-3-4-8-20(19)24-23(26)29-17(2)21(27)25-13-5-6-14-25/h3-4,7-12,17H,5-6,13-15H2,1-2H3. The number of likely N-dealkylation sites (tertiary alicyclic amines) is 1. The fourth-order valence-corrected chi connectivity index (χ4v) is 4.65. The quantitative estimate of drug-likeness (QED) is 0.476. The van der Waals surface area contributed by atoms with Crippen molar-refractivity contribution in [3.8, 4) is 0 Å². The number of fused-ring (bicyclic) bond motifs is 1. The van der Waals surface area contributed by atoms with Crippen LogP contribution in [0.2, 0.25) is 0 Å². The van der Waals surface area contributed by atoms with Gasteiger partial charge in [0.2, 0.25) is 5.91 Å². The molecule has 0 saturated carbocycles. The van der Waals surface area contributed by atoms with E-state index in [1.807, 2.05) is 67.3 Å². The van der Waals surface area contributed by atoms with Crippen LogP contribution in [0.3, 0.4) is 0 Å². The lowest BCUT2D eigenvalue weighted by Crippen LogP contribution is -2.34. The third kappa shape index (κ3) is 4.22. The Morgan fingerprint density at radius 3 is 2.52 bits per heavy atom. The highest BCUT2D eigenvalue weighted by Crippen LogP contribution is 2.25. The summed E-state index contributed by atoms with van der Waals surface area (Å²) < 4.78 is 1.70. The van der Waals surface area contributed by atoms with Gasteiger partial charge in [-0.3, -0.25) is 14.2 Å². The first-order valence-electron chi connectivity index (χ1n) is 10.0. The second-order valence-electron chi connectivity index (χ2n) is 7.58. The van der Waals surface area contributed by atoms with E-state index in [-0.39, 0.29) is 16.7 Å². The van der Waals surface area contributed by atoms with Crippen molar-refractivity contribution < 1.29 is 4.79 Å². The van der Waals surface area contributed by atoms with Gasteiger partial charge < -0.3 is 4.90 Å². The fraction of sp³-hybridized carbons (Fsp3) is 0.348. The normalized spacial score (nSPS) is 15.0. The van der Waals surface area contributed by atoms with Crippen molar-refractivity contribution >= 4 is 28.6 Å². The molecule has 1 saturated heterocycles. The summed E-state index contributed by atoms with van der Waals surface area (Å²) in [7, 11) is 0. The summed E-state index contributed by atoms with van der Waals surface area (Å²) in [5.74, 6) is 0.122. The molecule has 0 bridgehead atoms. The highest BCUT2D eigenvalue weighted by atomic mass is 32.2. The van der Waals surface area contributed by atoms with Gasteiger partial charge in [0.25, 0.3) is 5.56 Å². The second-order valence-corrected chi connectivity index (χ2v) is 8.89. The minimum atomic E-state index is -0.287. The Kier molecular flexibility index (Phi) is 5.72. The lowest BCUT2D eigenvalue weighted by molar-refractivity contribution is -0.129. The van der Waals surface area contributed by atoms with Crippen LogP contribution in [-0.4, -0.2) is 38.7 Å². The van der Waals surface area contributed by atoms with E-state index in [9.17, 15) is 9.59 Å². The first-order chi connectivity index (χ1) is 14.0. The molecule has 1 amide bonds. The predicted molar refractivity (Wildman–Crippen MR) is 117 cm³/mol. The maximum atomic E-state index is 13.2. The first kappa shape index (κ1) is 19.7. The fourth-order valence-electron chi connectivity index (χ4n) is 3.66. The Morgan fingerprint density at radius 1 is 1.10 bits per heavy atom. The Bertz CT molecular complexity index is 1090. The van der Waals surface area contributed by atoms with Gasteiger partial charge >= 0.3 is 0 Å². The summed E-state index contributed by atoms with van der Waals surface area (Å²) in [5, 5.41) is 0.905. The van der Waals surface area contributed by atoms with Crippen LogP contribution in [0.15, 0.2) is 58.5 Å². The summed E-state index contributed by atoms with van der Waals surface area (Å²) in [6, 6.07) is 15.5.